The van der Waals surface area contributed by atoms with Crippen molar-refractivity contribution in [3.8, 4) is 11.3 Å². The lowest BCUT2D eigenvalue weighted by Gasteiger charge is -2.06. The molecule has 0 saturated carbocycles. The van der Waals surface area contributed by atoms with E-state index in [9.17, 15) is 4.39 Å². The highest BCUT2D eigenvalue weighted by Crippen LogP contribution is 2.28. The van der Waals surface area contributed by atoms with Crippen molar-refractivity contribution in [3.63, 3.8) is 0 Å². The van der Waals surface area contributed by atoms with Crippen LogP contribution in [-0.4, -0.2) is 9.38 Å². The molecule has 4 heteroatoms. The second-order valence-corrected chi connectivity index (χ2v) is 5.20. The van der Waals surface area contributed by atoms with E-state index in [1.807, 2.05) is 12.1 Å². The van der Waals surface area contributed by atoms with Crippen molar-refractivity contribution < 1.29 is 4.39 Å². The third kappa shape index (κ3) is 2.03. The molecule has 0 aliphatic rings. The average molecular weight is 269 g/mol. The first-order valence-corrected chi connectivity index (χ1v) is 6.59. The van der Waals surface area contributed by atoms with Gasteiger partial charge in [-0.25, -0.2) is 9.37 Å². The average Bonchev–Trinajstić information content (AvgIpc) is 2.76. The highest BCUT2D eigenvalue weighted by molar-refractivity contribution is 5.75. The number of imidazole rings is 1. The molecule has 0 saturated heterocycles. The van der Waals surface area contributed by atoms with E-state index in [4.69, 9.17) is 5.73 Å². The van der Waals surface area contributed by atoms with Gasteiger partial charge >= 0.3 is 0 Å². The molecule has 0 amide bonds. The summed E-state index contributed by atoms with van der Waals surface area (Å²) in [4.78, 5) is 4.47. The van der Waals surface area contributed by atoms with Crippen LogP contribution in [-0.2, 0) is 0 Å². The standard InChI is InChI=1S/C16H16FN3/c1-10(2)11-3-5-12(6-4-11)15-16(18)20-9-13(17)7-8-14(20)19-15/h3-10H,18H2,1-2H3. The summed E-state index contributed by atoms with van der Waals surface area (Å²) in [5.74, 6) is 0.608. The highest BCUT2D eigenvalue weighted by Gasteiger charge is 2.12. The number of rotatable bonds is 2. The van der Waals surface area contributed by atoms with Gasteiger partial charge in [0.05, 0.1) is 0 Å². The Balaban J connectivity index is 2.12. The molecule has 102 valence electrons. The maximum Gasteiger partial charge on any atom is 0.140 e. The largest absolute Gasteiger partial charge is 0.383 e. The van der Waals surface area contributed by atoms with Gasteiger partial charge in [-0.15, -0.1) is 0 Å². The van der Waals surface area contributed by atoms with Crippen LogP contribution in [0.15, 0.2) is 42.6 Å². The zero-order valence-electron chi connectivity index (χ0n) is 11.5. The fourth-order valence-corrected chi connectivity index (χ4v) is 2.28. The van der Waals surface area contributed by atoms with E-state index in [-0.39, 0.29) is 5.82 Å². The molecular weight excluding hydrogens is 253 g/mol. The molecule has 20 heavy (non-hydrogen) atoms. The number of hydrogen-bond donors (Lipinski definition) is 1. The molecule has 3 rings (SSSR count). The number of nitrogens with two attached hydrogens (primary N) is 1. The molecule has 0 radical (unpaired) electrons. The van der Waals surface area contributed by atoms with Crippen molar-refractivity contribution >= 4 is 11.5 Å². The van der Waals surface area contributed by atoms with Crippen LogP contribution < -0.4 is 5.73 Å². The zero-order valence-corrected chi connectivity index (χ0v) is 11.5. The number of anilines is 1. The highest BCUT2D eigenvalue weighted by atomic mass is 19.1. The van der Waals surface area contributed by atoms with Gasteiger partial charge < -0.3 is 5.73 Å². The van der Waals surface area contributed by atoms with E-state index in [0.29, 0.717) is 23.1 Å². The molecule has 3 aromatic rings. The van der Waals surface area contributed by atoms with Crippen molar-refractivity contribution in [2.24, 2.45) is 0 Å². The van der Waals surface area contributed by atoms with Crippen LogP contribution in [0.25, 0.3) is 16.9 Å². The maximum atomic E-state index is 13.3. The molecule has 0 aliphatic carbocycles. The first kappa shape index (κ1) is 12.7. The second-order valence-electron chi connectivity index (χ2n) is 5.20. The molecule has 0 bridgehead atoms. The number of aromatic nitrogens is 2. The van der Waals surface area contributed by atoms with Crippen molar-refractivity contribution in [1.29, 1.82) is 0 Å². The predicted molar refractivity (Wildman–Crippen MR) is 79.1 cm³/mol. The van der Waals surface area contributed by atoms with Crippen molar-refractivity contribution in [1.82, 2.24) is 9.38 Å². The third-order valence-corrected chi connectivity index (χ3v) is 3.47. The van der Waals surface area contributed by atoms with Crippen LogP contribution >= 0.6 is 0 Å². The van der Waals surface area contributed by atoms with Crippen LogP contribution in [0.2, 0.25) is 0 Å². The minimum Gasteiger partial charge on any atom is -0.383 e. The molecule has 1 aromatic carbocycles. The fourth-order valence-electron chi connectivity index (χ4n) is 2.28. The minimum atomic E-state index is -0.330. The van der Waals surface area contributed by atoms with Gasteiger partial charge in [0.1, 0.15) is 23.0 Å². The van der Waals surface area contributed by atoms with Gasteiger partial charge in [0, 0.05) is 11.8 Å². The van der Waals surface area contributed by atoms with Crippen LogP contribution in [0.5, 0.6) is 0 Å². The lowest BCUT2D eigenvalue weighted by Crippen LogP contribution is -1.95. The monoisotopic (exact) mass is 269 g/mol. The summed E-state index contributed by atoms with van der Waals surface area (Å²) in [5, 5.41) is 0. The molecular formula is C16H16FN3. The molecule has 3 nitrogen and oxygen atoms in total. The first-order chi connectivity index (χ1) is 9.56. The first-order valence-electron chi connectivity index (χ1n) is 6.59. The Kier molecular flexibility index (Phi) is 2.93. The molecule has 0 unspecified atom stereocenters. The Morgan fingerprint density at radius 2 is 1.80 bits per heavy atom. The molecule has 0 aliphatic heterocycles. The number of nitrogen functional groups attached to an aromatic ring is 1. The van der Waals surface area contributed by atoms with Gasteiger partial charge in [-0.2, -0.15) is 0 Å². The van der Waals surface area contributed by atoms with E-state index in [2.05, 4.69) is 31.0 Å². The maximum absolute atomic E-state index is 13.3. The van der Waals surface area contributed by atoms with Crippen LogP contribution in [0, 0.1) is 5.82 Å². The third-order valence-electron chi connectivity index (χ3n) is 3.47. The van der Waals surface area contributed by atoms with E-state index in [0.717, 1.165) is 5.56 Å². The Hall–Kier alpha value is -2.36. The normalized spacial score (nSPS) is 11.4. The van der Waals surface area contributed by atoms with Crippen LogP contribution in [0.1, 0.15) is 25.3 Å². The van der Waals surface area contributed by atoms with Crippen molar-refractivity contribution in [2.45, 2.75) is 19.8 Å². The van der Waals surface area contributed by atoms with Gasteiger partial charge in [-0.05, 0) is 23.6 Å². The summed E-state index contributed by atoms with van der Waals surface area (Å²) in [7, 11) is 0. The van der Waals surface area contributed by atoms with Crippen LogP contribution in [0.3, 0.4) is 0 Å². The number of benzene rings is 1. The number of hydrogen-bond acceptors (Lipinski definition) is 2. The quantitative estimate of drug-likeness (QED) is 0.768. The molecule has 2 N–H and O–H groups in total. The van der Waals surface area contributed by atoms with Crippen molar-refractivity contribution in [3.05, 3.63) is 54.0 Å². The second kappa shape index (κ2) is 4.63. The zero-order chi connectivity index (χ0) is 14.3. The SMILES string of the molecule is CC(C)c1ccc(-c2nc3ccc(F)cn3c2N)cc1. The van der Waals surface area contributed by atoms with E-state index < -0.39 is 0 Å². The Morgan fingerprint density at radius 3 is 2.45 bits per heavy atom. The van der Waals surface area contributed by atoms with Gasteiger partial charge in [-0.3, -0.25) is 4.40 Å². The Bertz CT molecular complexity index is 757. The lowest BCUT2D eigenvalue weighted by molar-refractivity contribution is 0.619. The van der Waals surface area contributed by atoms with Gasteiger partial charge in [-0.1, -0.05) is 38.1 Å². The van der Waals surface area contributed by atoms with Gasteiger partial charge in [0.15, 0.2) is 0 Å². The number of nitrogens with zero attached hydrogens (tertiary/aromatic N) is 2. The Labute approximate surface area is 116 Å². The molecule has 2 heterocycles. The Morgan fingerprint density at radius 1 is 1.10 bits per heavy atom. The smallest absolute Gasteiger partial charge is 0.140 e. The minimum absolute atomic E-state index is 0.330. The topological polar surface area (TPSA) is 43.3 Å². The van der Waals surface area contributed by atoms with Crippen LogP contribution in [0.4, 0.5) is 10.2 Å². The molecule has 0 spiro atoms. The summed E-state index contributed by atoms with van der Waals surface area (Å²) in [5.41, 5.74) is 9.61. The summed E-state index contributed by atoms with van der Waals surface area (Å²) in [6.07, 6.45) is 1.35. The van der Waals surface area contributed by atoms with E-state index in [1.165, 1.54) is 17.8 Å². The number of halogens is 1. The number of pyridine rings is 1. The molecule has 2 aromatic heterocycles. The van der Waals surface area contributed by atoms with Gasteiger partial charge in [0.25, 0.3) is 0 Å². The summed E-state index contributed by atoms with van der Waals surface area (Å²) in [6, 6.07) is 11.2. The fraction of sp³-hybridized carbons (Fsp3) is 0.188. The number of fused-ring (bicyclic) bond motifs is 1. The molecule has 0 fully saturated rings. The summed E-state index contributed by atoms with van der Waals surface area (Å²) >= 11 is 0. The van der Waals surface area contributed by atoms with Gasteiger partial charge in [0.2, 0.25) is 0 Å². The summed E-state index contributed by atoms with van der Waals surface area (Å²) < 4.78 is 14.8. The molecule has 0 atom stereocenters. The summed E-state index contributed by atoms with van der Waals surface area (Å²) in [6.45, 7) is 4.30. The van der Waals surface area contributed by atoms with E-state index in [1.54, 1.807) is 10.5 Å². The van der Waals surface area contributed by atoms with E-state index >= 15 is 0 Å². The van der Waals surface area contributed by atoms with Crippen molar-refractivity contribution in [2.75, 3.05) is 5.73 Å². The predicted octanol–water partition coefficient (Wildman–Crippen LogP) is 3.85. The lowest BCUT2D eigenvalue weighted by atomic mass is 10.0.